The number of hydrogen-bond donors (Lipinski definition) is 0. The molecule has 0 fully saturated rings. The van der Waals surface area contributed by atoms with Gasteiger partial charge in [-0.05, 0) is 42.5 Å². The number of furan rings is 2. The van der Waals surface area contributed by atoms with Crippen LogP contribution in [0.3, 0.4) is 0 Å². The molecule has 0 atom stereocenters. The van der Waals surface area contributed by atoms with Crippen LogP contribution in [0.25, 0.3) is 111 Å². The van der Waals surface area contributed by atoms with Crippen molar-refractivity contribution in [2.45, 2.75) is 0 Å². The molecule has 6 heteroatoms. The van der Waals surface area contributed by atoms with Gasteiger partial charge < -0.3 is 13.4 Å². The summed E-state index contributed by atoms with van der Waals surface area (Å²) >= 11 is 0. The fourth-order valence-electron chi connectivity index (χ4n) is 8.35. The maximum atomic E-state index is 6.88. The Morgan fingerprint density at radius 3 is 1.71 bits per heavy atom. The molecule has 52 heavy (non-hydrogen) atoms. The predicted octanol–water partition coefficient (Wildman–Crippen LogP) is 12.1. The van der Waals surface area contributed by atoms with E-state index in [1.807, 2.05) is 54.6 Å². The molecule has 12 aromatic rings. The van der Waals surface area contributed by atoms with Gasteiger partial charge in [0.05, 0.1) is 22.2 Å². The summed E-state index contributed by atoms with van der Waals surface area (Å²) in [6, 6.07) is 54.8. The Morgan fingerprint density at radius 2 is 1.00 bits per heavy atom. The Kier molecular flexibility index (Phi) is 5.41. The summed E-state index contributed by atoms with van der Waals surface area (Å²) in [6.45, 7) is 0. The Balaban J connectivity index is 1.33. The summed E-state index contributed by atoms with van der Waals surface area (Å²) in [6.07, 6.45) is 0. The molecule has 242 valence electrons. The van der Waals surface area contributed by atoms with Crippen molar-refractivity contribution in [1.82, 2.24) is 19.1 Å². The second-order valence-electron chi connectivity index (χ2n) is 13.3. The van der Waals surface area contributed by atoms with E-state index in [1.54, 1.807) is 0 Å². The lowest BCUT2D eigenvalue weighted by Crippen LogP contribution is -2.03. The number of fused-ring (bicyclic) bond motifs is 13. The minimum atomic E-state index is 0.487. The van der Waals surface area contributed by atoms with E-state index in [-0.39, 0.29) is 0 Å². The van der Waals surface area contributed by atoms with Gasteiger partial charge in [-0.3, -0.25) is 4.57 Å². The van der Waals surface area contributed by atoms with Crippen molar-refractivity contribution in [2.75, 3.05) is 0 Å². The van der Waals surface area contributed by atoms with Crippen LogP contribution in [0.1, 0.15) is 0 Å². The zero-order valence-electron chi connectivity index (χ0n) is 27.6. The maximum Gasteiger partial charge on any atom is 0.248 e. The molecule has 0 amide bonds. The van der Waals surface area contributed by atoms with Crippen LogP contribution < -0.4 is 0 Å². The van der Waals surface area contributed by atoms with Gasteiger partial charge >= 0.3 is 0 Å². The lowest BCUT2D eigenvalue weighted by molar-refractivity contribution is 0.651. The van der Waals surface area contributed by atoms with Crippen LogP contribution in [0.2, 0.25) is 0 Å². The van der Waals surface area contributed by atoms with Crippen molar-refractivity contribution in [1.29, 1.82) is 0 Å². The predicted molar refractivity (Wildman–Crippen MR) is 211 cm³/mol. The summed E-state index contributed by atoms with van der Waals surface area (Å²) in [7, 11) is 0. The van der Waals surface area contributed by atoms with Gasteiger partial charge in [-0.15, -0.1) is 0 Å². The average Bonchev–Trinajstić information content (AvgIpc) is 3.95. The second kappa shape index (κ2) is 10.2. The van der Waals surface area contributed by atoms with Crippen LogP contribution >= 0.6 is 0 Å². The van der Waals surface area contributed by atoms with E-state index in [9.17, 15) is 0 Å². The Morgan fingerprint density at radius 1 is 0.442 bits per heavy atom. The standard InChI is InChI=1S/C46H26N4O2/c1-2-14-27(15-3-1)41-45(48-46-42(47-41)32-20-8-13-25-39(32)52-46)50-36-23-11-6-19-31(36)40-37(26-33-30-18-7-12-24-38(30)51-44(33)43(40)50)49-34-21-9-4-16-28(34)29-17-5-10-22-35(29)49/h1-26H. The first kappa shape index (κ1) is 27.6. The third-order valence-electron chi connectivity index (χ3n) is 10.5. The highest BCUT2D eigenvalue weighted by atomic mass is 16.3. The van der Waals surface area contributed by atoms with Crippen molar-refractivity contribution in [2.24, 2.45) is 0 Å². The number of hydrogen-bond acceptors (Lipinski definition) is 4. The molecule has 0 aliphatic rings. The number of para-hydroxylation sites is 5. The van der Waals surface area contributed by atoms with Gasteiger partial charge in [-0.25, -0.2) is 4.98 Å². The topological polar surface area (TPSA) is 61.9 Å². The second-order valence-corrected chi connectivity index (χ2v) is 13.3. The third kappa shape index (κ3) is 3.62. The molecule has 0 saturated heterocycles. The Bertz CT molecular complexity index is 3360. The lowest BCUT2D eigenvalue weighted by Gasteiger charge is -2.14. The SMILES string of the molecule is c1ccc(-c2nc3c(nc2-n2c4ccccc4c4c(-n5c6ccccc6c6ccccc65)cc5c6ccccc6oc5c42)oc2ccccc23)cc1. The third-order valence-corrected chi connectivity index (χ3v) is 10.5. The fraction of sp³-hybridized carbons (Fsp3) is 0. The highest BCUT2D eigenvalue weighted by Gasteiger charge is 2.27. The highest BCUT2D eigenvalue weighted by Crippen LogP contribution is 2.46. The first-order valence-corrected chi connectivity index (χ1v) is 17.4. The Labute approximate surface area is 295 Å². The molecule has 0 N–H and O–H groups in total. The number of rotatable bonds is 3. The van der Waals surface area contributed by atoms with Crippen LogP contribution in [-0.2, 0) is 0 Å². The van der Waals surface area contributed by atoms with Gasteiger partial charge in [0.25, 0.3) is 0 Å². The van der Waals surface area contributed by atoms with Crippen molar-refractivity contribution < 1.29 is 8.83 Å². The van der Waals surface area contributed by atoms with E-state index < -0.39 is 0 Å². The lowest BCUT2D eigenvalue weighted by atomic mass is 10.1. The Hall–Kier alpha value is -7.18. The first-order chi connectivity index (χ1) is 25.8. The smallest absolute Gasteiger partial charge is 0.248 e. The van der Waals surface area contributed by atoms with Crippen molar-refractivity contribution in [3.8, 4) is 22.8 Å². The van der Waals surface area contributed by atoms with Crippen LogP contribution in [0, 0.1) is 0 Å². The normalized spacial score (nSPS) is 12.2. The summed E-state index contributed by atoms with van der Waals surface area (Å²) in [5, 5.41) is 7.59. The summed E-state index contributed by atoms with van der Waals surface area (Å²) in [4.78, 5) is 10.7. The van der Waals surface area contributed by atoms with E-state index in [0.29, 0.717) is 11.5 Å². The molecule has 0 radical (unpaired) electrons. The van der Waals surface area contributed by atoms with Gasteiger partial charge in [-0.1, -0.05) is 115 Å². The first-order valence-electron chi connectivity index (χ1n) is 17.4. The largest absolute Gasteiger partial charge is 0.454 e. The molecule has 7 aromatic carbocycles. The molecule has 0 aliphatic carbocycles. The zero-order valence-corrected chi connectivity index (χ0v) is 27.6. The quantitative estimate of drug-likeness (QED) is 0.188. The van der Waals surface area contributed by atoms with E-state index in [0.717, 1.165) is 88.2 Å². The average molecular weight is 667 g/mol. The molecule has 0 bridgehead atoms. The molecule has 0 spiro atoms. The van der Waals surface area contributed by atoms with Crippen LogP contribution in [0.4, 0.5) is 0 Å². The van der Waals surface area contributed by atoms with Gasteiger partial charge in [-0.2, -0.15) is 4.98 Å². The number of nitrogens with zero attached hydrogens (tertiary/aromatic N) is 4. The van der Waals surface area contributed by atoms with Gasteiger partial charge in [0, 0.05) is 43.3 Å². The van der Waals surface area contributed by atoms with Crippen LogP contribution in [-0.4, -0.2) is 19.1 Å². The zero-order chi connectivity index (χ0) is 33.9. The molecule has 5 heterocycles. The van der Waals surface area contributed by atoms with Crippen molar-refractivity contribution in [3.05, 3.63) is 158 Å². The van der Waals surface area contributed by atoms with Crippen molar-refractivity contribution in [3.63, 3.8) is 0 Å². The minimum Gasteiger partial charge on any atom is -0.454 e. The van der Waals surface area contributed by atoms with Gasteiger partial charge in [0.2, 0.25) is 5.71 Å². The minimum absolute atomic E-state index is 0.487. The fourth-order valence-corrected chi connectivity index (χ4v) is 8.35. The van der Waals surface area contributed by atoms with Gasteiger partial charge in [0.15, 0.2) is 11.4 Å². The number of aromatic nitrogens is 4. The number of benzene rings is 7. The molecule has 5 aromatic heterocycles. The highest BCUT2D eigenvalue weighted by molar-refractivity contribution is 6.26. The van der Waals surface area contributed by atoms with Crippen LogP contribution in [0.5, 0.6) is 0 Å². The molecule has 0 aliphatic heterocycles. The summed E-state index contributed by atoms with van der Waals surface area (Å²) in [5.74, 6) is 0.671. The molecule has 0 saturated carbocycles. The van der Waals surface area contributed by atoms with Crippen molar-refractivity contribution >= 4 is 87.7 Å². The molecular formula is C46H26N4O2. The molecule has 12 rings (SSSR count). The van der Waals surface area contributed by atoms with E-state index in [2.05, 4.69) is 112 Å². The molecule has 0 unspecified atom stereocenters. The van der Waals surface area contributed by atoms with E-state index >= 15 is 0 Å². The monoisotopic (exact) mass is 666 g/mol. The summed E-state index contributed by atoms with van der Waals surface area (Å²) in [5.41, 5.74) is 10.6. The molecular weight excluding hydrogens is 641 g/mol. The van der Waals surface area contributed by atoms with Gasteiger partial charge in [0.1, 0.15) is 27.9 Å². The van der Waals surface area contributed by atoms with E-state index in [1.165, 1.54) is 10.8 Å². The van der Waals surface area contributed by atoms with Crippen LogP contribution in [0.15, 0.2) is 167 Å². The maximum absolute atomic E-state index is 6.88. The molecule has 6 nitrogen and oxygen atoms in total. The summed E-state index contributed by atoms with van der Waals surface area (Å²) < 4.78 is 17.9. The van der Waals surface area contributed by atoms with E-state index in [4.69, 9.17) is 18.8 Å².